The van der Waals surface area contributed by atoms with E-state index in [2.05, 4.69) is 31.6 Å². The fourth-order valence-corrected chi connectivity index (χ4v) is 4.02. The highest BCUT2D eigenvalue weighted by molar-refractivity contribution is 5.04. The largest absolute Gasteiger partial charge is 0.395 e. The minimum absolute atomic E-state index is 0.00223. The van der Waals surface area contributed by atoms with Crippen LogP contribution < -0.4 is 0 Å². The molecule has 0 aliphatic carbocycles. The number of aliphatic hydroxyl groups is 2. The zero-order valence-corrected chi connectivity index (χ0v) is 14.8. The number of rotatable bonds is 6. The van der Waals surface area contributed by atoms with Gasteiger partial charge in [-0.15, -0.1) is 10.2 Å². The predicted molar refractivity (Wildman–Crippen MR) is 91.6 cm³/mol. The van der Waals surface area contributed by atoms with E-state index in [0.717, 1.165) is 57.2 Å². The second kappa shape index (κ2) is 8.38. The van der Waals surface area contributed by atoms with Crippen molar-refractivity contribution in [1.29, 1.82) is 0 Å². The van der Waals surface area contributed by atoms with Gasteiger partial charge in [-0.3, -0.25) is 9.80 Å². The van der Waals surface area contributed by atoms with E-state index >= 15 is 0 Å². The maximum Gasteiger partial charge on any atom is 0.146 e. The molecule has 0 amide bonds. The van der Waals surface area contributed by atoms with E-state index in [0.29, 0.717) is 5.92 Å². The lowest BCUT2D eigenvalue weighted by molar-refractivity contribution is 0.0537. The lowest BCUT2D eigenvalue weighted by Gasteiger charge is -2.36. The van der Waals surface area contributed by atoms with Gasteiger partial charge in [0.25, 0.3) is 0 Å². The summed E-state index contributed by atoms with van der Waals surface area (Å²) in [6, 6.07) is -0.158. The third-order valence-corrected chi connectivity index (χ3v) is 5.57. The van der Waals surface area contributed by atoms with Gasteiger partial charge in [-0.1, -0.05) is 6.42 Å². The van der Waals surface area contributed by atoms with Gasteiger partial charge >= 0.3 is 0 Å². The first kappa shape index (κ1) is 17.8. The van der Waals surface area contributed by atoms with E-state index in [1.54, 1.807) is 0 Å². The Hall–Kier alpha value is -1.02. The minimum Gasteiger partial charge on any atom is -0.395 e. The molecule has 0 bridgehead atoms. The number of nitrogens with zero attached hydrogens (tertiary/aromatic N) is 5. The van der Waals surface area contributed by atoms with Gasteiger partial charge in [0.2, 0.25) is 0 Å². The van der Waals surface area contributed by atoms with Gasteiger partial charge in [-0.2, -0.15) is 0 Å². The van der Waals surface area contributed by atoms with Crippen molar-refractivity contribution in [3.63, 3.8) is 0 Å². The number of aromatic nitrogens is 3. The van der Waals surface area contributed by atoms with Crippen LogP contribution in [0.25, 0.3) is 0 Å². The quantitative estimate of drug-likeness (QED) is 0.779. The summed E-state index contributed by atoms with van der Waals surface area (Å²) in [5, 5.41) is 27.8. The van der Waals surface area contributed by atoms with Crippen molar-refractivity contribution in [3.05, 3.63) is 11.6 Å². The molecule has 7 heteroatoms. The van der Waals surface area contributed by atoms with Crippen molar-refractivity contribution in [2.45, 2.75) is 50.6 Å². The van der Waals surface area contributed by atoms with Gasteiger partial charge in [0.15, 0.2) is 0 Å². The molecule has 3 heterocycles. The van der Waals surface area contributed by atoms with E-state index in [-0.39, 0.29) is 19.3 Å². The molecule has 2 fully saturated rings. The van der Waals surface area contributed by atoms with Crippen LogP contribution in [0.1, 0.15) is 49.7 Å². The van der Waals surface area contributed by atoms with Gasteiger partial charge in [0.1, 0.15) is 11.6 Å². The highest BCUT2D eigenvalue weighted by Gasteiger charge is 2.29. The number of aliphatic hydroxyl groups excluding tert-OH is 2. The van der Waals surface area contributed by atoms with Gasteiger partial charge in [0.05, 0.1) is 25.8 Å². The third-order valence-electron chi connectivity index (χ3n) is 5.57. The molecule has 7 nitrogen and oxygen atoms in total. The van der Waals surface area contributed by atoms with Crippen LogP contribution in [0.4, 0.5) is 0 Å². The second-order valence-corrected chi connectivity index (χ2v) is 7.22. The SMILES string of the molecule is Cn1c(CN2CCCCC2)nnc1[C@H]1CCCN(C(CO)CO)C1. The number of likely N-dealkylation sites (tertiary alicyclic amines) is 2. The maximum atomic E-state index is 9.44. The van der Waals surface area contributed by atoms with Crippen molar-refractivity contribution >= 4 is 0 Å². The maximum absolute atomic E-state index is 9.44. The summed E-state index contributed by atoms with van der Waals surface area (Å²) >= 11 is 0. The summed E-state index contributed by atoms with van der Waals surface area (Å²) < 4.78 is 2.16. The van der Waals surface area contributed by atoms with E-state index in [1.165, 1.54) is 19.3 Å². The van der Waals surface area contributed by atoms with Crippen molar-refractivity contribution in [2.75, 3.05) is 39.4 Å². The number of piperidine rings is 2. The van der Waals surface area contributed by atoms with Crippen molar-refractivity contribution < 1.29 is 10.2 Å². The van der Waals surface area contributed by atoms with E-state index < -0.39 is 0 Å². The smallest absolute Gasteiger partial charge is 0.146 e. The lowest BCUT2D eigenvalue weighted by Crippen LogP contribution is -2.46. The summed E-state index contributed by atoms with van der Waals surface area (Å²) in [4.78, 5) is 4.66. The van der Waals surface area contributed by atoms with Crippen molar-refractivity contribution in [1.82, 2.24) is 24.6 Å². The molecular weight excluding hydrogens is 306 g/mol. The zero-order chi connectivity index (χ0) is 16.9. The molecule has 0 spiro atoms. The van der Waals surface area contributed by atoms with E-state index in [9.17, 15) is 10.2 Å². The Morgan fingerprint density at radius 3 is 2.50 bits per heavy atom. The van der Waals surface area contributed by atoms with Gasteiger partial charge in [-0.25, -0.2) is 0 Å². The fourth-order valence-electron chi connectivity index (χ4n) is 4.02. The monoisotopic (exact) mass is 337 g/mol. The van der Waals surface area contributed by atoms with Crippen LogP contribution in [0.15, 0.2) is 0 Å². The third kappa shape index (κ3) is 3.96. The Labute approximate surface area is 144 Å². The first-order chi connectivity index (χ1) is 11.7. The van der Waals surface area contributed by atoms with Gasteiger partial charge < -0.3 is 14.8 Å². The first-order valence-corrected chi connectivity index (χ1v) is 9.29. The van der Waals surface area contributed by atoms with Crippen LogP contribution >= 0.6 is 0 Å². The highest BCUT2D eigenvalue weighted by Crippen LogP contribution is 2.27. The predicted octanol–water partition coefficient (Wildman–Crippen LogP) is 0.334. The number of hydrogen-bond donors (Lipinski definition) is 2. The summed E-state index contributed by atoms with van der Waals surface area (Å²) in [5.41, 5.74) is 0. The number of hydrogen-bond acceptors (Lipinski definition) is 6. The van der Waals surface area contributed by atoms with E-state index in [1.807, 2.05) is 0 Å². The zero-order valence-electron chi connectivity index (χ0n) is 14.8. The molecule has 2 aliphatic rings. The second-order valence-electron chi connectivity index (χ2n) is 7.22. The van der Waals surface area contributed by atoms with E-state index in [4.69, 9.17) is 0 Å². The molecule has 0 unspecified atom stereocenters. The molecule has 2 N–H and O–H groups in total. The summed E-state index contributed by atoms with van der Waals surface area (Å²) in [7, 11) is 2.07. The summed E-state index contributed by atoms with van der Waals surface area (Å²) in [5.74, 6) is 2.41. The Bertz CT molecular complexity index is 511. The molecule has 0 saturated carbocycles. The van der Waals surface area contributed by atoms with Crippen LogP contribution in [0.2, 0.25) is 0 Å². The molecule has 1 atom stereocenters. The highest BCUT2D eigenvalue weighted by atomic mass is 16.3. The van der Waals surface area contributed by atoms with Gasteiger partial charge in [-0.05, 0) is 45.3 Å². The molecule has 3 rings (SSSR count). The first-order valence-electron chi connectivity index (χ1n) is 9.29. The lowest BCUT2D eigenvalue weighted by atomic mass is 9.96. The molecule has 0 aromatic carbocycles. The molecule has 2 aliphatic heterocycles. The minimum atomic E-state index is -0.158. The molecule has 24 heavy (non-hydrogen) atoms. The average Bonchev–Trinajstić information content (AvgIpc) is 2.98. The Balaban J connectivity index is 1.66. The molecule has 1 aromatic rings. The molecule has 2 saturated heterocycles. The van der Waals surface area contributed by atoms with Gasteiger partial charge in [0, 0.05) is 19.5 Å². The summed E-state index contributed by atoms with van der Waals surface area (Å²) in [6.45, 7) is 4.98. The fraction of sp³-hybridized carbons (Fsp3) is 0.882. The van der Waals surface area contributed by atoms with Crippen LogP contribution in [0, 0.1) is 0 Å². The summed E-state index contributed by atoms with van der Waals surface area (Å²) in [6.07, 6.45) is 6.07. The molecule has 1 aromatic heterocycles. The standard InChI is InChI=1S/C17H31N5O2/c1-20-16(11-21-7-3-2-4-8-21)18-19-17(20)14-6-5-9-22(10-14)15(12-23)13-24/h14-15,23-24H,2-13H2,1H3/t14-/m0/s1. The molecule has 0 radical (unpaired) electrons. The molecular formula is C17H31N5O2. The van der Waals surface area contributed by atoms with Crippen molar-refractivity contribution in [2.24, 2.45) is 7.05 Å². The van der Waals surface area contributed by atoms with Crippen LogP contribution in [0.3, 0.4) is 0 Å². The van der Waals surface area contributed by atoms with Crippen LogP contribution in [0.5, 0.6) is 0 Å². The Kier molecular flexibility index (Phi) is 6.21. The Morgan fingerprint density at radius 2 is 1.79 bits per heavy atom. The average molecular weight is 337 g/mol. The van der Waals surface area contributed by atoms with Crippen molar-refractivity contribution in [3.8, 4) is 0 Å². The molecule has 136 valence electrons. The Morgan fingerprint density at radius 1 is 1.04 bits per heavy atom. The van der Waals surface area contributed by atoms with Crippen LogP contribution in [-0.4, -0.2) is 80.2 Å². The van der Waals surface area contributed by atoms with Crippen LogP contribution in [-0.2, 0) is 13.6 Å². The topological polar surface area (TPSA) is 77.7 Å². The normalized spacial score (nSPS) is 23.9.